The van der Waals surface area contributed by atoms with Crippen LogP contribution in [-0.2, 0) is 13.1 Å². The van der Waals surface area contributed by atoms with Crippen molar-refractivity contribution in [3.8, 4) is 0 Å². The number of aromatic nitrogens is 3. The number of nitrogens with zero attached hydrogens (tertiary/aromatic N) is 4. The Morgan fingerprint density at radius 3 is 2.68 bits per heavy atom. The fourth-order valence-corrected chi connectivity index (χ4v) is 4.24. The lowest BCUT2D eigenvalue weighted by atomic mass is 10.1. The van der Waals surface area contributed by atoms with Crippen molar-refractivity contribution in [2.75, 3.05) is 18.4 Å². The summed E-state index contributed by atoms with van der Waals surface area (Å²) in [5.41, 5.74) is 2.69. The molecule has 2 aromatic heterocycles. The van der Waals surface area contributed by atoms with Crippen LogP contribution in [0.5, 0.6) is 0 Å². The summed E-state index contributed by atoms with van der Waals surface area (Å²) in [5, 5.41) is 4.16. The number of likely N-dealkylation sites (tertiary alicyclic amines) is 1. The highest BCUT2D eigenvalue weighted by atomic mass is 16.1. The van der Waals surface area contributed by atoms with Crippen LogP contribution >= 0.6 is 0 Å². The minimum absolute atomic E-state index is 0.0505. The molecule has 3 heterocycles. The van der Waals surface area contributed by atoms with Crippen molar-refractivity contribution < 1.29 is 1.37 Å². The van der Waals surface area contributed by atoms with Gasteiger partial charge in [-0.05, 0) is 56.5 Å². The summed E-state index contributed by atoms with van der Waals surface area (Å²) in [4.78, 5) is 23.8. The van der Waals surface area contributed by atoms with Gasteiger partial charge in [0.05, 0.1) is 7.41 Å². The molecule has 0 aliphatic carbocycles. The minimum atomic E-state index is -0.123. The molecule has 1 N–H and O–H groups in total. The van der Waals surface area contributed by atoms with Gasteiger partial charge in [0, 0.05) is 30.7 Å². The number of hydrogen-bond acceptors (Lipinski definition) is 5. The fraction of sp³-hybridized carbons (Fsp3) is 0.480. The molecule has 164 valence electrons. The summed E-state index contributed by atoms with van der Waals surface area (Å²) < 4.78 is 10.3. The van der Waals surface area contributed by atoms with E-state index in [0.717, 1.165) is 37.0 Å². The number of anilines is 1. The first-order valence-electron chi connectivity index (χ1n) is 12.0. The van der Waals surface area contributed by atoms with Crippen LogP contribution in [0, 0.1) is 0 Å². The Labute approximate surface area is 185 Å². The highest BCUT2D eigenvalue weighted by Crippen LogP contribution is 2.20. The van der Waals surface area contributed by atoms with Gasteiger partial charge in [-0.25, -0.2) is 4.98 Å². The lowest BCUT2D eigenvalue weighted by molar-refractivity contribution is 0.277. The highest BCUT2D eigenvalue weighted by molar-refractivity contribution is 5.75. The molecule has 0 bridgehead atoms. The van der Waals surface area contributed by atoms with E-state index in [1.165, 1.54) is 31.2 Å². The first-order chi connectivity index (χ1) is 15.5. The van der Waals surface area contributed by atoms with Crippen LogP contribution in [0.15, 0.2) is 47.4 Å². The van der Waals surface area contributed by atoms with E-state index in [9.17, 15) is 4.79 Å². The van der Waals surface area contributed by atoms with Gasteiger partial charge in [0.2, 0.25) is 5.95 Å². The van der Waals surface area contributed by atoms with Crippen molar-refractivity contribution in [2.24, 2.45) is 0 Å². The number of pyridine rings is 1. The number of hydrogen-bond donors (Lipinski definition) is 1. The average molecular weight is 421 g/mol. The van der Waals surface area contributed by atoms with Crippen LogP contribution in [0.4, 0.5) is 5.95 Å². The first kappa shape index (κ1) is 20.2. The molecule has 3 aromatic rings. The Morgan fingerprint density at radius 2 is 1.94 bits per heavy atom. The maximum absolute atomic E-state index is 12.3. The van der Waals surface area contributed by atoms with E-state index >= 15 is 0 Å². The Kier molecular flexibility index (Phi) is 6.55. The zero-order valence-electron chi connectivity index (χ0n) is 19.6. The molecule has 0 amide bonds. The molecule has 1 fully saturated rings. The number of nitrogens with one attached hydrogen (secondary N) is 1. The van der Waals surface area contributed by atoms with Crippen molar-refractivity contribution in [1.82, 2.24) is 19.4 Å². The predicted octanol–water partition coefficient (Wildman–Crippen LogP) is 4.75. The smallest absolute Gasteiger partial charge is 0.252 e. The Hall–Kier alpha value is -2.73. The Morgan fingerprint density at radius 1 is 1.13 bits per heavy atom. The number of fused-ring (bicyclic) bond motifs is 1. The third-order valence-corrected chi connectivity index (χ3v) is 5.99. The SMILES string of the molecule is [2H]c1cc(CN2CCCCCC2)ccc1[C@H](C)Nc1ncc2ccc(=O)n(CCC)c2n1. The molecular weight excluding hydrogens is 386 g/mol. The molecule has 0 saturated carbocycles. The van der Waals surface area contributed by atoms with Crippen LogP contribution in [0.25, 0.3) is 11.0 Å². The molecule has 1 atom stereocenters. The molecule has 6 nitrogen and oxygen atoms in total. The summed E-state index contributed by atoms with van der Waals surface area (Å²) >= 11 is 0. The molecule has 1 saturated heterocycles. The number of rotatable bonds is 7. The van der Waals surface area contributed by atoms with Gasteiger partial charge in [0.25, 0.3) is 5.56 Å². The Balaban J connectivity index is 1.50. The third-order valence-electron chi connectivity index (χ3n) is 5.99. The van der Waals surface area contributed by atoms with E-state index in [1.807, 2.05) is 26.0 Å². The average Bonchev–Trinajstić information content (AvgIpc) is 3.04. The molecule has 4 rings (SSSR count). The topological polar surface area (TPSA) is 63.1 Å². The standard InChI is InChI=1S/C25H33N5O/c1-3-14-30-23(31)13-12-22-17-26-25(28-24(22)30)27-19(2)21-10-8-20(9-11-21)18-29-15-6-4-5-7-16-29/h8-13,17,19H,3-7,14-16,18H2,1-2H3,(H,26,27,28)/t19-/m0/s1/i10D. The molecule has 6 heteroatoms. The van der Waals surface area contributed by atoms with Gasteiger partial charge >= 0.3 is 0 Å². The zero-order valence-corrected chi connectivity index (χ0v) is 18.6. The molecule has 31 heavy (non-hydrogen) atoms. The quantitative estimate of drug-likeness (QED) is 0.598. The van der Waals surface area contributed by atoms with Crippen molar-refractivity contribution in [1.29, 1.82) is 0 Å². The van der Waals surface area contributed by atoms with Gasteiger partial charge in [0.15, 0.2) is 0 Å². The molecule has 0 spiro atoms. The fourth-order valence-electron chi connectivity index (χ4n) is 4.24. The second kappa shape index (κ2) is 10.1. The van der Waals surface area contributed by atoms with E-state index < -0.39 is 0 Å². The van der Waals surface area contributed by atoms with Gasteiger partial charge < -0.3 is 5.32 Å². The normalized spacial score (nSPS) is 16.6. The van der Waals surface area contributed by atoms with Crippen LogP contribution in [-0.4, -0.2) is 32.5 Å². The van der Waals surface area contributed by atoms with Crippen LogP contribution in [0.3, 0.4) is 0 Å². The minimum Gasteiger partial charge on any atom is -0.348 e. The van der Waals surface area contributed by atoms with Crippen molar-refractivity contribution in [2.45, 2.75) is 65.1 Å². The number of aryl methyl sites for hydroxylation is 1. The summed E-state index contributed by atoms with van der Waals surface area (Å²) in [5.74, 6) is 0.466. The molecule has 1 aliphatic rings. The van der Waals surface area contributed by atoms with Crippen LogP contribution in [0.1, 0.15) is 64.5 Å². The molecular formula is C25H33N5O. The van der Waals surface area contributed by atoms with E-state index in [2.05, 4.69) is 26.3 Å². The largest absolute Gasteiger partial charge is 0.348 e. The van der Waals surface area contributed by atoms with Gasteiger partial charge in [0.1, 0.15) is 5.65 Å². The lowest BCUT2D eigenvalue weighted by Crippen LogP contribution is -2.23. The van der Waals surface area contributed by atoms with E-state index in [1.54, 1.807) is 22.9 Å². The number of benzene rings is 1. The summed E-state index contributed by atoms with van der Waals surface area (Å²) in [7, 11) is 0. The monoisotopic (exact) mass is 420 g/mol. The zero-order chi connectivity index (χ0) is 22.5. The van der Waals surface area contributed by atoms with Crippen molar-refractivity contribution in [3.63, 3.8) is 0 Å². The molecule has 0 unspecified atom stereocenters. The Bertz CT molecular complexity index is 1120. The first-order valence-corrected chi connectivity index (χ1v) is 11.5. The molecule has 1 aliphatic heterocycles. The van der Waals surface area contributed by atoms with Gasteiger partial charge in [-0.3, -0.25) is 14.3 Å². The third kappa shape index (κ3) is 5.31. The maximum atomic E-state index is 12.3. The van der Waals surface area contributed by atoms with Gasteiger partial charge in [-0.1, -0.05) is 44.0 Å². The van der Waals surface area contributed by atoms with E-state index in [-0.39, 0.29) is 11.6 Å². The summed E-state index contributed by atoms with van der Waals surface area (Å²) in [6, 6.07) is 9.90. The van der Waals surface area contributed by atoms with Gasteiger partial charge in [-0.15, -0.1) is 0 Å². The summed E-state index contributed by atoms with van der Waals surface area (Å²) in [6.45, 7) is 7.89. The van der Waals surface area contributed by atoms with Gasteiger partial charge in [-0.2, -0.15) is 4.98 Å². The second-order valence-electron chi connectivity index (χ2n) is 8.50. The highest BCUT2D eigenvalue weighted by Gasteiger charge is 2.12. The maximum Gasteiger partial charge on any atom is 0.252 e. The molecule has 0 radical (unpaired) electrons. The van der Waals surface area contributed by atoms with E-state index in [4.69, 9.17) is 1.37 Å². The van der Waals surface area contributed by atoms with Crippen LogP contribution < -0.4 is 10.9 Å². The summed E-state index contributed by atoms with van der Waals surface area (Å²) in [6.07, 6.45) is 7.79. The van der Waals surface area contributed by atoms with Crippen molar-refractivity contribution >= 4 is 17.0 Å². The lowest BCUT2D eigenvalue weighted by Gasteiger charge is -2.20. The van der Waals surface area contributed by atoms with Crippen molar-refractivity contribution in [3.05, 3.63) is 64.1 Å². The van der Waals surface area contributed by atoms with E-state index in [0.29, 0.717) is 24.2 Å². The molecule has 1 aromatic carbocycles. The predicted molar refractivity (Wildman–Crippen MR) is 126 cm³/mol. The second-order valence-corrected chi connectivity index (χ2v) is 8.50. The van der Waals surface area contributed by atoms with Crippen LogP contribution in [0.2, 0.25) is 0 Å².